The molecule has 0 atom stereocenters. The maximum Gasteiger partial charge on any atom is 0.345 e. The molecule has 0 unspecified atom stereocenters. The fourth-order valence-corrected chi connectivity index (χ4v) is 2.00. The highest BCUT2D eigenvalue weighted by Gasteiger charge is 2.18. The summed E-state index contributed by atoms with van der Waals surface area (Å²) in [7, 11) is 1.18. The molecule has 1 aromatic heterocycles. The maximum atomic E-state index is 11.7. The van der Waals surface area contributed by atoms with Gasteiger partial charge in [-0.15, -0.1) is 0 Å². The summed E-state index contributed by atoms with van der Waals surface area (Å²) in [4.78, 5) is 25.6. The summed E-state index contributed by atoms with van der Waals surface area (Å²) in [5.41, 5.74) is -0.294. The Kier molecular flexibility index (Phi) is 3.09. The Hall–Kier alpha value is -1.52. The van der Waals surface area contributed by atoms with Crippen molar-refractivity contribution in [3.05, 3.63) is 44.2 Å². The van der Waals surface area contributed by atoms with E-state index >= 15 is 0 Å². The van der Waals surface area contributed by atoms with Gasteiger partial charge in [-0.1, -0.05) is 23.2 Å². The van der Waals surface area contributed by atoms with Crippen LogP contribution in [0.4, 0.5) is 0 Å². The Morgan fingerprint density at radius 2 is 2.06 bits per heavy atom. The number of fused-ring (bicyclic) bond motifs is 1. The van der Waals surface area contributed by atoms with Gasteiger partial charge in [0.1, 0.15) is 5.56 Å². The third kappa shape index (κ3) is 2.01. The smallest absolute Gasteiger partial charge is 0.345 e. The van der Waals surface area contributed by atoms with Crippen LogP contribution in [0.15, 0.2) is 23.0 Å². The van der Waals surface area contributed by atoms with E-state index in [2.05, 4.69) is 9.72 Å². The van der Waals surface area contributed by atoms with E-state index in [4.69, 9.17) is 23.2 Å². The predicted octanol–water partition coefficient (Wildman–Crippen LogP) is 2.62. The number of benzene rings is 1. The lowest BCUT2D eigenvalue weighted by Crippen LogP contribution is -2.19. The molecule has 6 heteroatoms. The summed E-state index contributed by atoms with van der Waals surface area (Å²) in [5.74, 6) is -0.780. The molecule has 0 amide bonds. The lowest BCUT2D eigenvalue weighted by atomic mass is 10.1. The standard InChI is InChI=1S/C11H7Cl2NO3/c1-17-11(16)8-9(13)6-4-5(12)2-3-7(6)14-10(8)15/h2-4H,1H3,(H,14,15). The monoisotopic (exact) mass is 271 g/mol. The van der Waals surface area contributed by atoms with E-state index in [1.807, 2.05) is 0 Å². The number of nitrogens with one attached hydrogen (secondary N) is 1. The second kappa shape index (κ2) is 4.39. The predicted molar refractivity (Wildman–Crippen MR) is 65.9 cm³/mol. The van der Waals surface area contributed by atoms with Crippen molar-refractivity contribution < 1.29 is 9.53 Å². The molecule has 17 heavy (non-hydrogen) atoms. The highest BCUT2D eigenvalue weighted by atomic mass is 35.5. The van der Waals surface area contributed by atoms with Crippen LogP contribution >= 0.6 is 23.2 Å². The second-order valence-corrected chi connectivity index (χ2v) is 4.14. The fraction of sp³-hybridized carbons (Fsp3) is 0.0909. The molecule has 0 spiro atoms. The third-order valence-electron chi connectivity index (χ3n) is 2.30. The van der Waals surface area contributed by atoms with Crippen molar-refractivity contribution in [3.63, 3.8) is 0 Å². The van der Waals surface area contributed by atoms with Gasteiger partial charge in [0.25, 0.3) is 5.56 Å². The van der Waals surface area contributed by atoms with E-state index in [0.29, 0.717) is 15.9 Å². The molecule has 0 saturated carbocycles. The molecule has 0 aliphatic heterocycles. The Labute approximate surface area is 106 Å². The van der Waals surface area contributed by atoms with Crippen LogP contribution in [-0.2, 0) is 4.74 Å². The van der Waals surface area contributed by atoms with E-state index < -0.39 is 11.5 Å². The first-order chi connectivity index (χ1) is 8.04. The van der Waals surface area contributed by atoms with Gasteiger partial charge < -0.3 is 9.72 Å². The fourth-order valence-electron chi connectivity index (χ4n) is 1.51. The Bertz CT molecular complexity index is 664. The number of carbonyl (C=O) groups is 1. The SMILES string of the molecule is COC(=O)c1c(Cl)c2cc(Cl)ccc2[nH]c1=O. The molecule has 1 aromatic carbocycles. The minimum atomic E-state index is -0.780. The first-order valence-electron chi connectivity index (χ1n) is 4.64. The molecule has 2 rings (SSSR count). The summed E-state index contributed by atoms with van der Waals surface area (Å²) in [6.45, 7) is 0. The lowest BCUT2D eigenvalue weighted by molar-refractivity contribution is 0.0599. The molecule has 0 saturated heterocycles. The van der Waals surface area contributed by atoms with Gasteiger partial charge in [-0.25, -0.2) is 4.79 Å². The molecule has 1 heterocycles. The topological polar surface area (TPSA) is 59.2 Å². The maximum absolute atomic E-state index is 11.7. The molecule has 0 fully saturated rings. The minimum absolute atomic E-state index is 0.0399. The lowest BCUT2D eigenvalue weighted by Gasteiger charge is -2.05. The zero-order valence-corrected chi connectivity index (χ0v) is 10.2. The normalized spacial score (nSPS) is 10.5. The molecule has 2 aromatic rings. The largest absolute Gasteiger partial charge is 0.465 e. The van der Waals surface area contributed by atoms with Crippen LogP contribution in [-0.4, -0.2) is 18.1 Å². The number of rotatable bonds is 1. The average molecular weight is 272 g/mol. The number of hydrogen-bond donors (Lipinski definition) is 1. The number of methoxy groups -OCH3 is 1. The first kappa shape index (κ1) is 12.0. The number of esters is 1. The number of carbonyl (C=O) groups excluding carboxylic acids is 1. The summed E-state index contributed by atoms with van der Waals surface area (Å²) in [6, 6.07) is 4.81. The number of aromatic nitrogens is 1. The molecule has 0 aliphatic carbocycles. The number of hydrogen-bond acceptors (Lipinski definition) is 3. The van der Waals surface area contributed by atoms with Gasteiger partial charge in [0.05, 0.1) is 12.1 Å². The van der Waals surface area contributed by atoms with Gasteiger partial charge in [0.2, 0.25) is 0 Å². The number of aromatic amines is 1. The highest BCUT2D eigenvalue weighted by Crippen LogP contribution is 2.26. The third-order valence-corrected chi connectivity index (χ3v) is 2.93. The van der Waals surface area contributed by atoms with Crippen molar-refractivity contribution in [2.45, 2.75) is 0 Å². The van der Waals surface area contributed by atoms with Crippen molar-refractivity contribution in [1.29, 1.82) is 0 Å². The van der Waals surface area contributed by atoms with E-state index in [1.165, 1.54) is 7.11 Å². The van der Waals surface area contributed by atoms with Gasteiger partial charge in [-0.2, -0.15) is 0 Å². The number of pyridine rings is 1. The molecule has 1 N–H and O–H groups in total. The summed E-state index contributed by atoms with van der Waals surface area (Å²) >= 11 is 11.8. The van der Waals surface area contributed by atoms with Crippen molar-refractivity contribution in [3.8, 4) is 0 Å². The molecular formula is C11H7Cl2NO3. The van der Waals surface area contributed by atoms with E-state index in [9.17, 15) is 9.59 Å². The zero-order valence-electron chi connectivity index (χ0n) is 8.71. The van der Waals surface area contributed by atoms with Gasteiger partial charge in [0, 0.05) is 15.9 Å². The quantitative estimate of drug-likeness (QED) is 0.812. The molecule has 4 nitrogen and oxygen atoms in total. The van der Waals surface area contributed by atoms with Gasteiger partial charge in [-0.3, -0.25) is 4.79 Å². The number of H-pyrrole nitrogens is 1. The van der Waals surface area contributed by atoms with Gasteiger partial charge in [0.15, 0.2) is 0 Å². The van der Waals surface area contributed by atoms with Crippen molar-refractivity contribution >= 4 is 40.1 Å². The summed E-state index contributed by atoms with van der Waals surface area (Å²) in [6.07, 6.45) is 0. The van der Waals surface area contributed by atoms with Crippen LogP contribution < -0.4 is 5.56 Å². The second-order valence-electron chi connectivity index (χ2n) is 3.32. The van der Waals surface area contributed by atoms with E-state index in [1.54, 1.807) is 18.2 Å². The van der Waals surface area contributed by atoms with E-state index in [0.717, 1.165) is 0 Å². The van der Waals surface area contributed by atoms with Crippen molar-refractivity contribution in [2.75, 3.05) is 7.11 Å². The van der Waals surface area contributed by atoms with Crippen LogP contribution in [0.5, 0.6) is 0 Å². The van der Waals surface area contributed by atoms with Crippen molar-refractivity contribution in [1.82, 2.24) is 4.98 Å². The van der Waals surface area contributed by atoms with E-state index in [-0.39, 0.29) is 10.6 Å². The summed E-state index contributed by atoms with van der Waals surface area (Å²) in [5, 5.41) is 1.000. The average Bonchev–Trinajstić information content (AvgIpc) is 2.30. The Morgan fingerprint density at radius 3 is 2.71 bits per heavy atom. The molecule has 0 radical (unpaired) electrons. The Morgan fingerprint density at radius 1 is 1.35 bits per heavy atom. The Balaban J connectivity index is 2.87. The number of halogens is 2. The minimum Gasteiger partial charge on any atom is -0.465 e. The number of ether oxygens (including phenoxy) is 1. The van der Waals surface area contributed by atoms with Gasteiger partial charge >= 0.3 is 5.97 Å². The summed E-state index contributed by atoms with van der Waals surface area (Å²) < 4.78 is 4.50. The van der Waals surface area contributed by atoms with Crippen LogP contribution in [0.3, 0.4) is 0 Å². The molecular weight excluding hydrogens is 265 g/mol. The van der Waals surface area contributed by atoms with Crippen molar-refractivity contribution in [2.24, 2.45) is 0 Å². The zero-order chi connectivity index (χ0) is 12.6. The first-order valence-corrected chi connectivity index (χ1v) is 5.39. The van der Waals surface area contributed by atoms with Gasteiger partial charge in [-0.05, 0) is 18.2 Å². The van der Waals surface area contributed by atoms with Crippen LogP contribution in [0, 0.1) is 0 Å². The van der Waals surface area contributed by atoms with Crippen LogP contribution in [0.2, 0.25) is 10.0 Å². The van der Waals surface area contributed by atoms with Crippen LogP contribution in [0.1, 0.15) is 10.4 Å². The highest BCUT2D eigenvalue weighted by molar-refractivity contribution is 6.39. The molecule has 0 bridgehead atoms. The molecule has 88 valence electrons. The molecule has 0 aliphatic rings. The van der Waals surface area contributed by atoms with Crippen LogP contribution in [0.25, 0.3) is 10.9 Å².